The molecule has 0 aliphatic heterocycles. The summed E-state index contributed by atoms with van der Waals surface area (Å²) >= 11 is 0. The molecule has 0 aromatic heterocycles. The number of hydrogen-bond acceptors (Lipinski definition) is 2. The third-order valence-electron chi connectivity index (χ3n) is 3.50. The Kier molecular flexibility index (Phi) is 7.64. The maximum Gasteiger partial charge on any atom is 0.251 e. The molecule has 2 amide bonds. The van der Waals surface area contributed by atoms with Gasteiger partial charge in [0.25, 0.3) is 5.91 Å². The topological polar surface area (TPSA) is 58.2 Å². The highest BCUT2D eigenvalue weighted by Crippen LogP contribution is 2.06. The van der Waals surface area contributed by atoms with Crippen LogP contribution < -0.4 is 10.6 Å². The van der Waals surface area contributed by atoms with Crippen molar-refractivity contribution in [2.45, 2.75) is 53.0 Å². The fraction of sp³-hybridized carbons (Fsp3) is 0.556. The molecule has 0 unspecified atom stereocenters. The van der Waals surface area contributed by atoms with Crippen molar-refractivity contribution < 1.29 is 9.59 Å². The quantitative estimate of drug-likeness (QED) is 0.775. The molecule has 22 heavy (non-hydrogen) atoms. The van der Waals surface area contributed by atoms with Gasteiger partial charge in [0.2, 0.25) is 5.91 Å². The fourth-order valence-corrected chi connectivity index (χ4v) is 2.18. The van der Waals surface area contributed by atoms with Crippen molar-refractivity contribution in [2.75, 3.05) is 6.54 Å². The van der Waals surface area contributed by atoms with Gasteiger partial charge in [-0.05, 0) is 44.7 Å². The van der Waals surface area contributed by atoms with Crippen LogP contribution in [-0.4, -0.2) is 24.4 Å². The van der Waals surface area contributed by atoms with Gasteiger partial charge in [0, 0.05) is 24.6 Å². The summed E-state index contributed by atoms with van der Waals surface area (Å²) in [5.74, 6) is 0.498. The largest absolute Gasteiger partial charge is 0.354 e. The molecule has 0 aliphatic carbocycles. The van der Waals surface area contributed by atoms with Gasteiger partial charge in [-0.15, -0.1) is 0 Å². The summed E-state index contributed by atoms with van der Waals surface area (Å²) in [6.07, 6.45) is 2.40. The highest BCUT2D eigenvalue weighted by Gasteiger charge is 2.09. The van der Waals surface area contributed by atoms with E-state index in [1.54, 1.807) is 6.07 Å². The first-order valence-corrected chi connectivity index (χ1v) is 8.02. The Labute approximate surface area is 133 Å². The zero-order valence-corrected chi connectivity index (χ0v) is 14.1. The summed E-state index contributed by atoms with van der Waals surface area (Å²) in [5.41, 5.74) is 1.68. The molecule has 1 atom stereocenters. The van der Waals surface area contributed by atoms with E-state index >= 15 is 0 Å². The van der Waals surface area contributed by atoms with Gasteiger partial charge in [-0.3, -0.25) is 9.59 Å². The van der Waals surface area contributed by atoms with Crippen molar-refractivity contribution in [2.24, 2.45) is 5.92 Å². The number of carbonyl (C=O) groups excluding carboxylic acids is 2. The number of amides is 2. The van der Waals surface area contributed by atoms with Gasteiger partial charge in [0.05, 0.1) is 0 Å². The van der Waals surface area contributed by atoms with Crippen LogP contribution in [0.25, 0.3) is 0 Å². The molecule has 0 spiro atoms. The Bertz CT molecular complexity index is 498. The summed E-state index contributed by atoms with van der Waals surface area (Å²) < 4.78 is 0. The van der Waals surface area contributed by atoms with Crippen molar-refractivity contribution in [1.29, 1.82) is 0 Å². The van der Waals surface area contributed by atoms with E-state index in [1.807, 2.05) is 32.0 Å². The normalized spacial score (nSPS) is 12.0. The molecule has 0 saturated heterocycles. The highest BCUT2D eigenvalue weighted by atomic mass is 16.2. The van der Waals surface area contributed by atoms with Gasteiger partial charge in [-0.1, -0.05) is 31.5 Å². The lowest BCUT2D eigenvalue weighted by Gasteiger charge is -2.15. The third kappa shape index (κ3) is 7.25. The molecule has 4 heteroatoms. The van der Waals surface area contributed by atoms with Crippen LogP contribution in [0.3, 0.4) is 0 Å². The second kappa shape index (κ2) is 9.23. The van der Waals surface area contributed by atoms with E-state index in [4.69, 9.17) is 0 Å². The van der Waals surface area contributed by atoms with Crippen molar-refractivity contribution in [3.8, 4) is 0 Å². The summed E-state index contributed by atoms with van der Waals surface area (Å²) in [5, 5.41) is 5.75. The number of benzene rings is 1. The second-order valence-corrected chi connectivity index (χ2v) is 6.32. The van der Waals surface area contributed by atoms with Crippen LogP contribution in [-0.2, 0) is 4.79 Å². The van der Waals surface area contributed by atoms with Crippen molar-refractivity contribution in [3.63, 3.8) is 0 Å². The van der Waals surface area contributed by atoms with Crippen LogP contribution in [0.1, 0.15) is 56.0 Å². The Hall–Kier alpha value is -1.84. The van der Waals surface area contributed by atoms with Crippen molar-refractivity contribution in [1.82, 2.24) is 10.6 Å². The van der Waals surface area contributed by atoms with Crippen LogP contribution in [0.15, 0.2) is 24.3 Å². The molecule has 1 rings (SSSR count). The van der Waals surface area contributed by atoms with Crippen molar-refractivity contribution >= 4 is 11.8 Å². The van der Waals surface area contributed by atoms with Gasteiger partial charge < -0.3 is 10.6 Å². The van der Waals surface area contributed by atoms with E-state index in [0.717, 1.165) is 18.4 Å². The number of hydrogen-bond donors (Lipinski definition) is 2. The first-order valence-electron chi connectivity index (χ1n) is 8.02. The SMILES string of the molecule is Cc1cccc(C(=O)NCCC(=O)N[C@@H](C)CCC(C)C)c1. The molecule has 0 aliphatic rings. The molecular weight excluding hydrogens is 276 g/mol. The van der Waals surface area contributed by atoms with E-state index in [1.165, 1.54) is 0 Å². The highest BCUT2D eigenvalue weighted by molar-refractivity contribution is 5.94. The van der Waals surface area contributed by atoms with E-state index in [0.29, 0.717) is 24.4 Å². The Morgan fingerprint density at radius 1 is 1.14 bits per heavy atom. The predicted octanol–water partition coefficient (Wildman–Crippen LogP) is 3.06. The van der Waals surface area contributed by atoms with Crippen LogP contribution in [0.5, 0.6) is 0 Å². The van der Waals surface area contributed by atoms with Crippen LogP contribution in [0.2, 0.25) is 0 Å². The van der Waals surface area contributed by atoms with E-state index in [2.05, 4.69) is 24.5 Å². The average Bonchev–Trinajstić information content (AvgIpc) is 2.45. The molecule has 0 bridgehead atoms. The molecule has 4 nitrogen and oxygen atoms in total. The minimum Gasteiger partial charge on any atom is -0.354 e. The van der Waals surface area contributed by atoms with Crippen LogP contribution in [0.4, 0.5) is 0 Å². The van der Waals surface area contributed by atoms with E-state index in [-0.39, 0.29) is 17.9 Å². The zero-order valence-electron chi connectivity index (χ0n) is 14.1. The lowest BCUT2D eigenvalue weighted by Crippen LogP contribution is -2.35. The minimum atomic E-state index is -0.135. The lowest BCUT2D eigenvalue weighted by atomic mass is 10.0. The Morgan fingerprint density at radius 2 is 1.86 bits per heavy atom. The predicted molar refractivity (Wildman–Crippen MR) is 89.8 cm³/mol. The maximum absolute atomic E-state index is 11.9. The lowest BCUT2D eigenvalue weighted by molar-refractivity contribution is -0.121. The number of carbonyl (C=O) groups is 2. The summed E-state index contributed by atoms with van der Waals surface area (Å²) in [6, 6.07) is 7.60. The molecular formula is C18H28N2O2. The molecule has 1 aromatic carbocycles. The second-order valence-electron chi connectivity index (χ2n) is 6.32. The molecule has 122 valence electrons. The molecule has 0 heterocycles. The first-order chi connectivity index (χ1) is 10.4. The number of aryl methyl sites for hydroxylation is 1. The summed E-state index contributed by atoms with van der Waals surface area (Å²) in [4.78, 5) is 23.7. The summed E-state index contributed by atoms with van der Waals surface area (Å²) in [7, 11) is 0. The van der Waals surface area contributed by atoms with E-state index < -0.39 is 0 Å². The molecule has 0 saturated carbocycles. The van der Waals surface area contributed by atoms with Gasteiger partial charge in [-0.25, -0.2) is 0 Å². The average molecular weight is 304 g/mol. The zero-order chi connectivity index (χ0) is 16.5. The van der Waals surface area contributed by atoms with Crippen LogP contribution in [0, 0.1) is 12.8 Å². The first kappa shape index (κ1) is 18.2. The minimum absolute atomic E-state index is 0.0131. The fourth-order valence-electron chi connectivity index (χ4n) is 2.18. The monoisotopic (exact) mass is 304 g/mol. The Balaban J connectivity index is 2.26. The molecule has 2 N–H and O–H groups in total. The molecule has 0 fully saturated rings. The number of rotatable bonds is 8. The van der Waals surface area contributed by atoms with Gasteiger partial charge in [0.15, 0.2) is 0 Å². The smallest absolute Gasteiger partial charge is 0.251 e. The summed E-state index contributed by atoms with van der Waals surface area (Å²) in [6.45, 7) is 8.68. The van der Waals surface area contributed by atoms with Crippen LogP contribution >= 0.6 is 0 Å². The van der Waals surface area contributed by atoms with Gasteiger partial charge in [0.1, 0.15) is 0 Å². The van der Waals surface area contributed by atoms with Crippen molar-refractivity contribution in [3.05, 3.63) is 35.4 Å². The Morgan fingerprint density at radius 3 is 2.50 bits per heavy atom. The molecule has 0 radical (unpaired) electrons. The van der Waals surface area contributed by atoms with E-state index in [9.17, 15) is 9.59 Å². The standard InChI is InChI=1S/C18H28N2O2/c1-13(2)8-9-15(4)20-17(21)10-11-19-18(22)16-7-5-6-14(3)12-16/h5-7,12-13,15H,8-11H2,1-4H3,(H,19,22)(H,20,21)/t15-/m0/s1. The molecule has 1 aromatic rings. The van der Waals surface area contributed by atoms with Gasteiger partial charge >= 0.3 is 0 Å². The number of nitrogens with one attached hydrogen (secondary N) is 2. The van der Waals surface area contributed by atoms with Gasteiger partial charge in [-0.2, -0.15) is 0 Å². The maximum atomic E-state index is 11.9. The third-order valence-corrected chi connectivity index (χ3v) is 3.50.